The van der Waals surface area contributed by atoms with Crippen LogP contribution in [0.25, 0.3) is 0 Å². The van der Waals surface area contributed by atoms with Crippen molar-refractivity contribution < 1.29 is 14.4 Å². The van der Waals surface area contributed by atoms with E-state index in [0.29, 0.717) is 19.6 Å². The van der Waals surface area contributed by atoms with Gasteiger partial charge in [-0.1, -0.05) is 12.1 Å². The van der Waals surface area contributed by atoms with E-state index in [9.17, 15) is 10.1 Å². The Morgan fingerprint density at radius 3 is 2.65 bits per heavy atom. The first-order valence-corrected chi connectivity index (χ1v) is 5.23. The third-order valence-electron chi connectivity index (χ3n) is 2.08. The minimum Gasteiger partial charge on any atom is -0.497 e. The van der Waals surface area contributed by atoms with Crippen LogP contribution in [0.1, 0.15) is 12.0 Å². The fourth-order valence-electron chi connectivity index (χ4n) is 1.22. The SMILES string of the molecule is COc1ccc(COCC/C=C/[N+](=O)[O-])cc1. The number of benzene rings is 1. The van der Waals surface area contributed by atoms with E-state index in [4.69, 9.17) is 9.47 Å². The number of ether oxygens (including phenoxy) is 2. The van der Waals surface area contributed by atoms with Crippen molar-refractivity contribution in [2.45, 2.75) is 13.0 Å². The maximum absolute atomic E-state index is 9.98. The summed E-state index contributed by atoms with van der Waals surface area (Å²) in [5.74, 6) is 0.808. The molecule has 5 nitrogen and oxygen atoms in total. The maximum Gasteiger partial charge on any atom is 0.230 e. The Morgan fingerprint density at radius 1 is 1.35 bits per heavy atom. The van der Waals surface area contributed by atoms with Crippen LogP contribution >= 0.6 is 0 Å². The quantitative estimate of drug-likeness (QED) is 0.415. The molecule has 1 aromatic carbocycles. The summed E-state index contributed by atoms with van der Waals surface area (Å²) in [6.07, 6.45) is 2.95. The summed E-state index contributed by atoms with van der Waals surface area (Å²) in [7, 11) is 1.62. The van der Waals surface area contributed by atoms with E-state index in [1.165, 1.54) is 6.08 Å². The molecule has 0 bridgehead atoms. The first-order chi connectivity index (χ1) is 8.22. The molecule has 5 heteroatoms. The van der Waals surface area contributed by atoms with Crippen LogP contribution in [-0.2, 0) is 11.3 Å². The van der Waals surface area contributed by atoms with Gasteiger partial charge in [0.15, 0.2) is 0 Å². The number of hydrogen-bond acceptors (Lipinski definition) is 4. The van der Waals surface area contributed by atoms with Crippen molar-refractivity contribution >= 4 is 0 Å². The molecule has 0 saturated heterocycles. The lowest BCUT2D eigenvalue weighted by Gasteiger charge is -2.04. The van der Waals surface area contributed by atoms with Crippen LogP contribution in [0.15, 0.2) is 36.5 Å². The fraction of sp³-hybridized carbons (Fsp3) is 0.333. The van der Waals surface area contributed by atoms with Crippen molar-refractivity contribution in [3.63, 3.8) is 0 Å². The summed E-state index contributed by atoms with van der Waals surface area (Å²) in [5.41, 5.74) is 1.05. The number of hydrogen-bond donors (Lipinski definition) is 0. The smallest absolute Gasteiger partial charge is 0.230 e. The van der Waals surface area contributed by atoms with Crippen molar-refractivity contribution in [2.24, 2.45) is 0 Å². The van der Waals surface area contributed by atoms with E-state index in [2.05, 4.69) is 0 Å². The molecule has 0 spiro atoms. The van der Waals surface area contributed by atoms with E-state index >= 15 is 0 Å². The van der Waals surface area contributed by atoms with Crippen molar-refractivity contribution in [3.8, 4) is 5.75 Å². The Balaban J connectivity index is 2.19. The molecule has 1 aromatic rings. The van der Waals surface area contributed by atoms with Gasteiger partial charge in [-0.05, 0) is 30.2 Å². The Hall–Kier alpha value is -1.88. The zero-order valence-electron chi connectivity index (χ0n) is 9.67. The Morgan fingerprint density at radius 2 is 2.06 bits per heavy atom. The second kappa shape index (κ2) is 7.40. The predicted octanol–water partition coefficient (Wildman–Crippen LogP) is 2.39. The molecule has 17 heavy (non-hydrogen) atoms. The highest BCUT2D eigenvalue weighted by molar-refractivity contribution is 5.26. The summed E-state index contributed by atoms with van der Waals surface area (Å²) in [6.45, 7) is 0.965. The normalized spacial score (nSPS) is 10.6. The highest BCUT2D eigenvalue weighted by Crippen LogP contribution is 2.11. The summed E-state index contributed by atoms with van der Waals surface area (Å²) < 4.78 is 10.4. The standard InChI is InChI=1S/C12H15NO4/c1-16-12-6-4-11(5-7-12)10-17-9-3-2-8-13(14)15/h2,4-8H,3,9-10H2,1H3/b8-2+. The average Bonchev–Trinajstić information content (AvgIpc) is 2.34. The van der Waals surface area contributed by atoms with Gasteiger partial charge in [0, 0.05) is 0 Å². The Kier molecular flexibility index (Phi) is 5.74. The minimum atomic E-state index is -0.483. The molecule has 0 amide bonds. The largest absolute Gasteiger partial charge is 0.497 e. The minimum absolute atomic E-state index is 0.469. The molecule has 92 valence electrons. The lowest BCUT2D eigenvalue weighted by atomic mass is 10.2. The zero-order valence-corrected chi connectivity index (χ0v) is 9.67. The lowest BCUT2D eigenvalue weighted by molar-refractivity contribution is -0.402. The highest BCUT2D eigenvalue weighted by Gasteiger charge is 1.94. The maximum atomic E-state index is 9.98. The van der Waals surface area contributed by atoms with Crippen molar-refractivity contribution in [1.29, 1.82) is 0 Å². The van der Waals surface area contributed by atoms with Crippen molar-refractivity contribution in [1.82, 2.24) is 0 Å². The van der Waals surface area contributed by atoms with Crippen molar-refractivity contribution in [3.05, 3.63) is 52.2 Å². The molecule has 1 rings (SSSR count). The molecule has 0 unspecified atom stereocenters. The van der Waals surface area contributed by atoms with Gasteiger partial charge in [0.25, 0.3) is 0 Å². The molecule has 0 aliphatic carbocycles. The van der Waals surface area contributed by atoms with Crippen LogP contribution in [0, 0.1) is 10.1 Å². The van der Waals surface area contributed by atoms with Gasteiger partial charge in [-0.3, -0.25) is 10.1 Å². The van der Waals surface area contributed by atoms with Crippen LogP contribution in [0.2, 0.25) is 0 Å². The Bertz CT molecular complexity index is 373. The summed E-state index contributed by atoms with van der Waals surface area (Å²) in [4.78, 5) is 9.50. The van der Waals surface area contributed by atoms with Crippen molar-refractivity contribution in [2.75, 3.05) is 13.7 Å². The van der Waals surface area contributed by atoms with Crippen LogP contribution in [-0.4, -0.2) is 18.6 Å². The molecule has 0 radical (unpaired) electrons. The number of methoxy groups -OCH3 is 1. The average molecular weight is 237 g/mol. The molecule has 0 aliphatic heterocycles. The molecular formula is C12H15NO4. The van der Waals surface area contributed by atoms with E-state index in [1.807, 2.05) is 24.3 Å². The third kappa shape index (κ3) is 5.67. The molecule has 0 saturated carbocycles. The van der Waals surface area contributed by atoms with Gasteiger partial charge in [0.1, 0.15) is 5.75 Å². The molecule has 0 atom stereocenters. The topological polar surface area (TPSA) is 61.6 Å². The second-order valence-corrected chi connectivity index (χ2v) is 3.36. The van der Waals surface area contributed by atoms with Crippen LogP contribution in [0.3, 0.4) is 0 Å². The number of nitrogens with zero attached hydrogens (tertiary/aromatic N) is 1. The van der Waals surface area contributed by atoms with Gasteiger partial charge >= 0.3 is 0 Å². The summed E-state index contributed by atoms with van der Waals surface area (Å²) in [6, 6.07) is 7.58. The van der Waals surface area contributed by atoms with Crippen LogP contribution in [0.5, 0.6) is 5.75 Å². The molecule has 0 N–H and O–H groups in total. The number of rotatable bonds is 7. The van der Waals surface area contributed by atoms with Gasteiger partial charge in [-0.2, -0.15) is 0 Å². The van der Waals surface area contributed by atoms with E-state index in [1.54, 1.807) is 7.11 Å². The highest BCUT2D eigenvalue weighted by atomic mass is 16.6. The predicted molar refractivity (Wildman–Crippen MR) is 63.4 cm³/mol. The van der Waals surface area contributed by atoms with Crippen LogP contribution in [0.4, 0.5) is 0 Å². The van der Waals surface area contributed by atoms with Gasteiger partial charge in [-0.25, -0.2) is 0 Å². The monoisotopic (exact) mass is 237 g/mol. The molecular weight excluding hydrogens is 222 g/mol. The van der Waals surface area contributed by atoms with E-state index < -0.39 is 4.92 Å². The van der Waals surface area contributed by atoms with E-state index in [-0.39, 0.29) is 0 Å². The van der Waals surface area contributed by atoms with Gasteiger partial charge in [-0.15, -0.1) is 0 Å². The lowest BCUT2D eigenvalue weighted by Crippen LogP contribution is -1.95. The molecule has 0 heterocycles. The van der Waals surface area contributed by atoms with Gasteiger partial charge < -0.3 is 9.47 Å². The number of nitro groups is 1. The first kappa shape index (κ1) is 13.2. The van der Waals surface area contributed by atoms with E-state index in [0.717, 1.165) is 17.5 Å². The third-order valence-corrected chi connectivity index (χ3v) is 2.08. The summed E-state index contributed by atoms with van der Waals surface area (Å²) >= 11 is 0. The first-order valence-electron chi connectivity index (χ1n) is 5.23. The molecule has 0 aliphatic rings. The molecule has 0 aromatic heterocycles. The second-order valence-electron chi connectivity index (χ2n) is 3.36. The summed E-state index contributed by atoms with van der Waals surface area (Å²) in [5, 5.41) is 9.98. The van der Waals surface area contributed by atoms with Crippen LogP contribution < -0.4 is 4.74 Å². The van der Waals surface area contributed by atoms with Gasteiger partial charge in [0.05, 0.1) is 25.2 Å². The zero-order chi connectivity index (χ0) is 12.5. The molecule has 0 fully saturated rings. The Labute approximate surface area is 99.8 Å². The fourth-order valence-corrected chi connectivity index (χ4v) is 1.22. The van der Waals surface area contributed by atoms with Gasteiger partial charge in [0.2, 0.25) is 6.20 Å².